The van der Waals surface area contributed by atoms with Gasteiger partial charge in [0, 0.05) is 5.56 Å². The fourth-order valence-corrected chi connectivity index (χ4v) is 2.03. The molecule has 2 rings (SSSR count). The monoisotopic (exact) mass is 303 g/mol. The second-order valence-electron chi connectivity index (χ2n) is 5.20. The highest BCUT2D eigenvalue weighted by Crippen LogP contribution is 2.20. The Labute approximate surface area is 128 Å². The van der Waals surface area contributed by atoms with E-state index < -0.39 is 5.60 Å². The van der Waals surface area contributed by atoms with Crippen LogP contribution in [0.3, 0.4) is 0 Å². The molecule has 0 saturated carbocycles. The van der Waals surface area contributed by atoms with Crippen molar-refractivity contribution in [1.29, 1.82) is 0 Å². The lowest BCUT2D eigenvalue weighted by Crippen LogP contribution is -2.38. The maximum atomic E-state index is 12.9. The summed E-state index contributed by atoms with van der Waals surface area (Å²) in [5.41, 5.74) is -0.323. The van der Waals surface area contributed by atoms with E-state index in [1.54, 1.807) is 31.2 Å². The lowest BCUT2D eigenvalue weighted by Gasteiger charge is -2.24. The summed E-state index contributed by atoms with van der Waals surface area (Å²) in [7, 11) is 1.52. The minimum absolute atomic E-state index is 0.00861. The van der Waals surface area contributed by atoms with Crippen LogP contribution in [-0.2, 0) is 5.60 Å². The SMILES string of the molecule is COc1cccc(C(=O)NCC(C)(O)c2ccc(F)cc2)c1. The van der Waals surface area contributed by atoms with E-state index in [1.165, 1.54) is 31.4 Å². The highest BCUT2D eigenvalue weighted by atomic mass is 19.1. The number of ether oxygens (including phenoxy) is 1. The van der Waals surface area contributed by atoms with Crippen LogP contribution in [0, 0.1) is 5.82 Å². The minimum atomic E-state index is -1.29. The number of aliphatic hydroxyl groups is 1. The molecule has 2 aromatic rings. The van der Waals surface area contributed by atoms with Gasteiger partial charge in [0.15, 0.2) is 0 Å². The van der Waals surface area contributed by atoms with Crippen molar-refractivity contribution < 1.29 is 19.0 Å². The van der Waals surface area contributed by atoms with Crippen LogP contribution < -0.4 is 10.1 Å². The number of methoxy groups -OCH3 is 1. The van der Waals surface area contributed by atoms with Crippen molar-refractivity contribution in [2.24, 2.45) is 0 Å². The molecular weight excluding hydrogens is 285 g/mol. The van der Waals surface area contributed by atoms with Crippen LogP contribution in [0.1, 0.15) is 22.8 Å². The molecule has 1 unspecified atom stereocenters. The summed E-state index contributed by atoms with van der Waals surface area (Å²) in [6.07, 6.45) is 0. The minimum Gasteiger partial charge on any atom is -0.497 e. The Balaban J connectivity index is 2.04. The molecule has 5 heteroatoms. The largest absolute Gasteiger partial charge is 0.497 e. The molecule has 1 amide bonds. The van der Waals surface area contributed by atoms with Crippen LogP contribution in [0.25, 0.3) is 0 Å². The van der Waals surface area contributed by atoms with E-state index in [9.17, 15) is 14.3 Å². The van der Waals surface area contributed by atoms with Crippen LogP contribution in [0.4, 0.5) is 4.39 Å². The van der Waals surface area contributed by atoms with Crippen molar-refractivity contribution in [2.75, 3.05) is 13.7 Å². The first kappa shape index (κ1) is 16.0. The smallest absolute Gasteiger partial charge is 0.251 e. The van der Waals surface area contributed by atoms with Gasteiger partial charge in [-0.25, -0.2) is 4.39 Å². The zero-order valence-electron chi connectivity index (χ0n) is 12.5. The molecule has 0 aliphatic carbocycles. The van der Waals surface area contributed by atoms with Crippen molar-refractivity contribution in [3.05, 3.63) is 65.5 Å². The summed E-state index contributed by atoms with van der Waals surface area (Å²) in [5, 5.41) is 13.1. The number of halogens is 1. The summed E-state index contributed by atoms with van der Waals surface area (Å²) in [5.74, 6) is -0.112. The highest BCUT2D eigenvalue weighted by molar-refractivity contribution is 5.94. The predicted octanol–water partition coefficient (Wildman–Crippen LogP) is 2.47. The summed E-state index contributed by atoms with van der Waals surface area (Å²) < 4.78 is 18.0. The molecule has 0 spiro atoms. The molecule has 0 aromatic heterocycles. The Bertz CT molecular complexity index is 653. The fourth-order valence-electron chi connectivity index (χ4n) is 2.03. The zero-order valence-corrected chi connectivity index (χ0v) is 12.5. The van der Waals surface area contributed by atoms with E-state index in [2.05, 4.69) is 5.32 Å². The first-order chi connectivity index (χ1) is 10.4. The molecule has 0 heterocycles. The molecule has 2 N–H and O–H groups in total. The standard InChI is InChI=1S/C17H18FNO3/c1-17(21,13-6-8-14(18)9-7-13)11-19-16(20)12-4-3-5-15(10-12)22-2/h3-10,21H,11H2,1-2H3,(H,19,20). The molecule has 0 radical (unpaired) electrons. The van der Waals surface area contributed by atoms with Crippen LogP contribution in [0.5, 0.6) is 5.75 Å². The second kappa shape index (κ2) is 6.58. The molecule has 0 aliphatic rings. The zero-order chi connectivity index (χ0) is 16.2. The molecule has 2 aromatic carbocycles. The number of nitrogens with one attached hydrogen (secondary N) is 1. The van der Waals surface area contributed by atoms with Gasteiger partial charge in [-0.3, -0.25) is 4.79 Å². The van der Waals surface area contributed by atoms with Crippen molar-refractivity contribution in [2.45, 2.75) is 12.5 Å². The average molecular weight is 303 g/mol. The van der Waals surface area contributed by atoms with Gasteiger partial charge in [-0.05, 0) is 42.8 Å². The summed E-state index contributed by atoms with van der Waals surface area (Å²) in [6.45, 7) is 1.57. The topological polar surface area (TPSA) is 58.6 Å². The third-order valence-corrected chi connectivity index (χ3v) is 3.39. The molecule has 0 bridgehead atoms. The Morgan fingerprint density at radius 3 is 2.59 bits per heavy atom. The van der Waals surface area contributed by atoms with Gasteiger partial charge < -0.3 is 15.2 Å². The summed E-state index contributed by atoms with van der Waals surface area (Å²) in [6, 6.07) is 12.3. The summed E-state index contributed by atoms with van der Waals surface area (Å²) >= 11 is 0. The van der Waals surface area contributed by atoms with Gasteiger partial charge >= 0.3 is 0 Å². The number of rotatable bonds is 5. The molecule has 0 aliphatic heterocycles. The van der Waals surface area contributed by atoms with E-state index in [1.807, 2.05) is 0 Å². The maximum Gasteiger partial charge on any atom is 0.251 e. The molecule has 116 valence electrons. The second-order valence-corrected chi connectivity index (χ2v) is 5.20. The van der Waals surface area contributed by atoms with E-state index in [-0.39, 0.29) is 18.3 Å². The number of hydrogen-bond acceptors (Lipinski definition) is 3. The maximum absolute atomic E-state index is 12.9. The Kier molecular flexibility index (Phi) is 4.78. The van der Waals surface area contributed by atoms with E-state index in [0.29, 0.717) is 16.9 Å². The molecule has 4 nitrogen and oxygen atoms in total. The van der Waals surface area contributed by atoms with Gasteiger partial charge in [0.2, 0.25) is 0 Å². The Morgan fingerprint density at radius 1 is 1.27 bits per heavy atom. The number of carbonyl (C=O) groups is 1. The van der Waals surface area contributed by atoms with Crippen LogP contribution in [-0.4, -0.2) is 24.7 Å². The average Bonchev–Trinajstić information content (AvgIpc) is 2.53. The van der Waals surface area contributed by atoms with Crippen LogP contribution in [0.15, 0.2) is 48.5 Å². The van der Waals surface area contributed by atoms with Crippen LogP contribution in [0.2, 0.25) is 0 Å². The van der Waals surface area contributed by atoms with Gasteiger partial charge in [0.05, 0.1) is 13.7 Å². The normalized spacial score (nSPS) is 13.3. The van der Waals surface area contributed by atoms with Crippen molar-refractivity contribution >= 4 is 5.91 Å². The first-order valence-corrected chi connectivity index (χ1v) is 6.83. The molecule has 1 atom stereocenters. The number of amides is 1. The summed E-state index contributed by atoms with van der Waals surface area (Å²) in [4.78, 5) is 12.1. The quantitative estimate of drug-likeness (QED) is 0.892. The van der Waals surface area contributed by atoms with Gasteiger partial charge in [0.25, 0.3) is 5.91 Å². The van der Waals surface area contributed by atoms with Crippen molar-refractivity contribution in [3.8, 4) is 5.75 Å². The van der Waals surface area contributed by atoms with Crippen molar-refractivity contribution in [3.63, 3.8) is 0 Å². The fraction of sp³-hybridized carbons (Fsp3) is 0.235. The van der Waals surface area contributed by atoms with E-state index in [0.717, 1.165) is 0 Å². The highest BCUT2D eigenvalue weighted by Gasteiger charge is 2.24. The molecular formula is C17H18FNO3. The predicted molar refractivity (Wildman–Crippen MR) is 81.3 cm³/mol. The number of benzene rings is 2. The third kappa shape index (κ3) is 3.83. The molecule has 22 heavy (non-hydrogen) atoms. The molecule has 0 fully saturated rings. The van der Waals surface area contributed by atoms with Gasteiger partial charge in [0.1, 0.15) is 17.2 Å². The van der Waals surface area contributed by atoms with E-state index >= 15 is 0 Å². The lowest BCUT2D eigenvalue weighted by atomic mass is 9.96. The Morgan fingerprint density at radius 2 is 1.95 bits per heavy atom. The Hall–Kier alpha value is -2.40. The number of carbonyl (C=O) groups excluding carboxylic acids is 1. The van der Waals surface area contributed by atoms with E-state index in [4.69, 9.17) is 4.74 Å². The number of hydrogen-bond donors (Lipinski definition) is 2. The van der Waals surface area contributed by atoms with Gasteiger partial charge in [-0.15, -0.1) is 0 Å². The van der Waals surface area contributed by atoms with Crippen molar-refractivity contribution in [1.82, 2.24) is 5.32 Å². The van der Waals surface area contributed by atoms with Gasteiger partial charge in [-0.2, -0.15) is 0 Å². The lowest BCUT2D eigenvalue weighted by molar-refractivity contribution is 0.0526. The molecule has 0 saturated heterocycles. The van der Waals surface area contributed by atoms with Gasteiger partial charge in [-0.1, -0.05) is 18.2 Å². The third-order valence-electron chi connectivity index (χ3n) is 3.39. The first-order valence-electron chi connectivity index (χ1n) is 6.83. The van der Waals surface area contributed by atoms with Crippen LogP contribution >= 0.6 is 0 Å².